The van der Waals surface area contributed by atoms with Crippen LogP contribution in [0.1, 0.15) is 11.1 Å². The van der Waals surface area contributed by atoms with E-state index in [2.05, 4.69) is 18.2 Å². The largest absolute Gasteiger partial charge is 0.367 e. The number of aromatic nitrogens is 2. The predicted molar refractivity (Wildman–Crippen MR) is 111 cm³/mol. The average Bonchev–Trinajstić information content (AvgIpc) is 2.72. The Morgan fingerprint density at radius 2 is 1.97 bits per heavy atom. The first kappa shape index (κ1) is 19.3. The number of carbonyl (C=O) groups excluding carboxylic acids is 1. The first-order valence-corrected chi connectivity index (χ1v) is 9.65. The highest BCUT2D eigenvalue weighted by Crippen LogP contribution is 2.28. The van der Waals surface area contributed by atoms with Gasteiger partial charge < -0.3 is 10.5 Å². The quantitative estimate of drug-likeness (QED) is 0.731. The summed E-state index contributed by atoms with van der Waals surface area (Å²) >= 11 is 0. The molecular weight excluding hydrogens is 368 g/mol. The van der Waals surface area contributed by atoms with Gasteiger partial charge in [-0.2, -0.15) is 5.10 Å². The Labute approximate surface area is 168 Å². The number of amides is 1. The molecule has 0 bridgehead atoms. The Hall–Kier alpha value is -3.03. The van der Waals surface area contributed by atoms with Gasteiger partial charge in [-0.25, -0.2) is 4.68 Å². The molecule has 1 unspecified atom stereocenters. The van der Waals surface area contributed by atoms with E-state index in [-0.39, 0.29) is 12.2 Å². The van der Waals surface area contributed by atoms with Crippen molar-refractivity contribution in [2.24, 2.45) is 5.73 Å². The molecule has 1 fully saturated rings. The highest BCUT2D eigenvalue weighted by Gasteiger charge is 2.25. The highest BCUT2D eigenvalue weighted by molar-refractivity contribution is 5.94. The topological polar surface area (TPSA) is 90.4 Å². The number of ether oxygens (including phenoxy) is 1. The van der Waals surface area contributed by atoms with E-state index in [1.54, 1.807) is 0 Å². The van der Waals surface area contributed by atoms with Gasteiger partial charge in [0.25, 0.3) is 5.56 Å². The number of morpholine rings is 1. The fourth-order valence-corrected chi connectivity index (χ4v) is 3.71. The zero-order valence-corrected chi connectivity index (χ0v) is 16.6. The molecule has 2 aromatic carbocycles. The zero-order valence-electron chi connectivity index (χ0n) is 16.6. The third-order valence-corrected chi connectivity index (χ3v) is 5.32. The molecule has 1 saturated heterocycles. The number of nitrogens with two attached hydrogens (primary N) is 1. The number of benzene rings is 2. The molecule has 0 spiro atoms. The van der Waals surface area contributed by atoms with Crippen LogP contribution in [0.5, 0.6) is 0 Å². The van der Waals surface area contributed by atoms with Crippen molar-refractivity contribution >= 4 is 16.7 Å². The van der Waals surface area contributed by atoms with Crippen molar-refractivity contribution in [2.75, 3.05) is 19.7 Å². The Kier molecular flexibility index (Phi) is 5.17. The predicted octanol–water partition coefficient (Wildman–Crippen LogP) is 1.82. The Morgan fingerprint density at radius 3 is 2.72 bits per heavy atom. The van der Waals surface area contributed by atoms with Crippen LogP contribution >= 0.6 is 0 Å². The molecule has 1 aliphatic rings. The minimum atomic E-state index is -0.668. The van der Waals surface area contributed by atoms with Crippen LogP contribution in [0.2, 0.25) is 0 Å². The van der Waals surface area contributed by atoms with Crippen molar-refractivity contribution in [1.29, 1.82) is 0 Å². The minimum absolute atomic E-state index is 0.156. The van der Waals surface area contributed by atoms with Gasteiger partial charge in [-0.05, 0) is 31.5 Å². The molecule has 0 aliphatic carbocycles. The summed E-state index contributed by atoms with van der Waals surface area (Å²) in [5.74, 6) is -0.496. The molecule has 7 heteroatoms. The third-order valence-electron chi connectivity index (χ3n) is 5.32. The summed E-state index contributed by atoms with van der Waals surface area (Å²) in [6.07, 6.45) is -0.668. The summed E-state index contributed by atoms with van der Waals surface area (Å²) in [5.41, 5.74) is 9.24. The maximum Gasteiger partial charge on any atom is 0.275 e. The molecule has 2 heterocycles. The minimum Gasteiger partial charge on any atom is -0.367 e. The van der Waals surface area contributed by atoms with Crippen LogP contribution < -0.4 is 11.3 Å². The van der Waals surface area contributed by atoms with Gasteiger partial charge in [0, 0.05) is 24.0 Å². The van der Waals surface area contributed by atoms with Gasteiger partial charge >= 0.3 is 0 Å². The van der Waals surface area contributed by atoms with Crippen molar-refractivity contribution in [1.82, 2.24) is 14.7 Å². The van der Waals surface area contributed by atoms with Crippen molar-refractivity contribution in [3.63, 3.8) is 0 Å². The van der Waals surface area contributed by atoms with E-state index in [1.165, 1.54) is 4.68 Å². The molecule has 1 amide bonds. The van der Waals surface area contributed by atoms with Crippen molar-refractivity contribution < 1.29 is 9.53 Å². The summed E-state index contributed by atoms with van der Waals surface area (Å²) in [6.45, 7) is 5.69. The number of carbonyl (C=O) groups is 1. The summed E-state index contributed by atoms with van der Waals surface area (Å²) in [5, 5.41) is 6.20. The standard InChI is InChI=1S/C22H24N4O3/c1-14-7-8-15(2)18(11-14)20-16-5-3-4-6-17(16)22(28)26(24-20)13-25-9-10-29-19(12-25)21(23)27/h3-8,11,19H,9-10,12-13H2,1-2H3,(H2,23,27). The Bertz CT molecular complexity index is 1140. The number of fused-ring (bicyclic) bond motifs is 1. The second-order valence-corrected chi connectivity index (χ2v) is 7.50. The van der Waals surface area contributed by atoms with E-state index in [4.69, 9.17) is 15.6 Å². The summed E-state index contributed by atoms with van der Waals surface area (Å²) in [6, 6.07) is 13.8. The Morgan fingerprint density at radius 1 is 1.21 bits per heavy atom. The number of hydrogen-bond acceptors (Lipinski definition) is 5. The number of hydrogen-bond donors (Lipinski definition) is 1. The summed E-state index contributed by atoms with van der Waals surface area (Å²) in [7, 11) is 0. The van der Waals surface area contributed by atoms with Crippen LogP contribution in [0.25, 0.3) is 22.0 Å². The lowest BCUT2D eigenvalue weighted by molar-refractivity contribution is -0.136. The number of aryl methyl sites for hydroxylation is 2. The fourth-order valence-electron chi connectivity index (χ4n) is 3.71. The van der Waals surface area contributed by atoms with Crippen LogP contribution in [0, 0.1) is 13.8 Å². The van der Waals surface area contributed by atoms with Gasteiger partial charge in [-0.1, -0.05) is 35.9 Å². The molecule has 0 radical (unpaired) electrons. The highest BCUT2D eigenvalue weighted by atomic mass is 16.5. The average molecular weight is 392 g/mol. The van der Waals surface area contributed by atoms with Crippen molar-refractivity contribution in [3.8, 4) is 11.3 Å². The van der Waals surface area contributed by atoms with Crippen LogP contribution in [0.3, 0.4) is 0 Å². The van der Waals surface area contributed by atoms with Gasteiger partial charge in [0.05, 0.1) is 24.4 Å². The number of rotatable bonds is 4. The SMILES string of the molecule is Cc1ccc(C)c(-c2nn(CN3CCOC(C(N)=O)C3)c(=O)c3ccccc23)c1. The molecule has 1 atom stereocenters. The Balaban J connectivity index is 1.81. The fraction of sp³-hybridized carbons (Fsp3) is 0.318. The van der Waals surface area contributed by atoms with Crippen LogP contribution in [-0.2, 0) is 16.2 Å². The lowest BCUT2D eigenvalue weighted by atomic mass is 9.99. The third kappa shape index (κ3) is 3.79. The molecule has 3 aromatic rings. The molecule has 4 rings (SSSR count). The molecule has 0 saturated carbocycles. The molecule has 7 nitrogen and oxygen atoms in total. The summed E-state index contributed by atoms with van der Waals surface area (Å²) < 4.78 is 6.88. The lowest BCUT2D eigenvalue weighted by Gasteiger charge is -2.31. The first-order valence-electron chi connectivity index (χ1n) is 9.65. The van der Waals surface area contributed by atoms with Gasteiger partial charge in [0.1, 0.15) is 6.10 Å². The second kappa shape index (κ2) is 7.77. The summed E-state index contributed by atoms with van der Waals surface area (Å²) in [4.78, 5) is 26.6. The molecule has 1 aliphatic heterocycles. The van der Waals surface area contributed by atoms with Gasteiger partial charge in [0.15, 0.2) is 0 Å². The van der Waals surface area contributed by atoms with Crippen LogP contribution in [-0.4, -0.2) is 46.4 Å². The van der Waals surface area contributed by atoms with Crippen LogP contribution in [0.15, 0.2) is 47.3 Å². The maximum absolute atomic E-state index is 13.1. The molecule has 2 N–H and O–H groups in total. The van der Waals surface area contributed by atoms with Crippen molar-refractivity contribution in [3.05, 3.63) is 63.9 Å². The van der Waals surface area contributed by atoms with E-state index >= 15 is 0 Å². The van der Waals surface area contributed by atoms with E-state index in [0.717, 1.165) is 27.8 Å². The smallest absolute Gasteiger partial charge is 0.275 e. The number of nitrogens with zero attached hydrogens (tertiary/aromatic N) is 3. The monoisotopic (exact) mass is 392 g/mol. The van der Waals surface area contributed by atoms with E-state index < -0.39 is 12.0 Å². The van der Waals surface area contributed by atoms with E-state index in [0.29, 0.717) is 25.1 Å². The zero-order chi connectivity index (χ0) is 20.5. The number of primary amides is 1. The molecule has 1 aromatic heterocycles. The second-order valence-electron chi connectivity index (χ2n) is 7.50. The van der Waals surface area contributed by atoms with E-state index in [1.807, 2.05) is 43.0 Å². The molecule has 150 valence electrons. The first-order chi connectivity index (χ1) is 13.9. The molecule has 29 heavy (non-hydrogen) atoms. The van der Waals surface area contributed by atoms with E-state index in [9.17, 15) is 9.59 Å². The van der Waals surface area contributed by atoms with Gasteiger partial charge in [0.2, 0.25) is 5.91 Å². The van der Waals surface area contributed by atoms with Gasteiger partial charge in [-0.3, -0.25) is 14.5 Å². The molecular formula is C22H24N4O3. The van der Waals surface area contributed by atoms with Crippen molar-refractivity contribution in [2.45, 2.75) is 26.6 Å². The van der Waals surface area contributed by atoms with Crippen LogP contribution in [0.4, 0.5) is 0 Å². The maximum atomic E-state index is 13.1. The lowest BCUT2D eigenvalue weighted by Crippen LogP contribution is -2.49. The normalized spacial score (nSPS) is 17.5. The van der Waals surface area contributed by atoms with Gasteiger partial charge in [-0.15, -0.1) is 0 Å².